The molecule has 2 N–H and O–H groups in total. The number of hydrogen-bond acceptors (Lipinski definition) is 4. The van der Waals surface area contributed by atoms with Crippen LogP contribution in [0.15, 0.2) is 96.1 Å². The normalized spacial score (nSPS) is 10.9. The lowest BCUT2D eigenvalue weighted by atomic mass is 10.1. The fraction of sp³-hybridized carbons (Fsp3) is 0.0400. The van der Waals surface area contributed by atoms with Crippen molar-refractivity contribution in [2.24, 2.45) is 5.10 Å². The SMILES string of the molecule is O=C(N/N=C/c1ccccc1OCc1ccccc1)c1cc2ccccc2cc1O. The van der Waals surface area contributed by atoms with Crippen molar-refractivity contribution in [3.05, 3.63) is 108 Å². The third-order valence-corrected chi connectivity index (χ3v) is 4.63. The number of phenols is 1. The van der Waals surface area contributed by atoms with Crippen LogP contribution in [0.3, 0.4) is 0 Å². The Labute approximate surface area is 174 Å². The number of hydrazone groups is 1. The van der Waals surface area contributed by atoms with E-state index in [9.17, 15) is 9.90 Å². The van der Waals surface area contributed by atoms with E-state index in [0.29, 0.717) is 12.4 Å². The Morgan fingerprint density at radius 2 is 1.57 bits per heavy atom. The molecule has 5 nitrogen and oxygen atoms in total. The van der Waals surface area contributed by atoms with Gasteiger partial charge in [0.2, 0.25) is 0 Å². The highest BCUT2D eigenvalue weighted by Gasteiger charge is 2.12. The first-order valence-electron chi connectivity index (χ1n) is 9.51. The highest BCUT2D eigenvalue weighted by Crippen LogP contribution is 2.25. The standard InChI is InChI=1S/C25H20N2O3/c28-23-15-20-11-5-4-10-19(20)14-22(23)25(29)27-26-16-21-12-6-7-13-24(21)30-17-18-8-2-1-3-9-18/h1-16,28H,17H2,(H,27,29)/b26-16+. The molecule has 0 aliphatic heterocycles. The molecule has 5 heteroatoms. The van der Waals surface area contributed by atoms with Gasteiger partial charge in [-0.15, -0.1) is 0 Å². The topological polar surface area (TPSA) is 70.9 Å². The van der Waals surface area contributed by atoms with Crippen molar-refractivity contribution in [1.82, 2.24) is 5.43 Å². The van der Waals surface area contributed by atoms with Crippen LogP contribution in [0.2, 0.25) is 0 Å². The summed E-state index contributed by atoms with van der Waals surface area (Å²) in [6, 6.07) is 28.0. The molecular weight excluding hydrogens is 376 g/mol. The fourth-order valence-electron chi connectivity index (χ4n) is 3.08. The number of rotatable bonds is 6. The van der Waals surface area contributed by atoms with Crippen LogP contribution < -0.4 is 10.2 Å². The third kappa shape index (κ3) is 4.47. The maximum absolute atomic E-state index is 12.5. The van der Waals surface area contributed by atoms with Crippen LogP contribution in [-0.4, -0.2) is 17.2 Å². The molecule has 0 unspecified atom stereocenters. The molecule has 0 aromatic heterocycles. The van der Waals surface area contributed by atoms with Crippen LogP contribution in [0.1, 0.15) is 21.5 Å². The van der Waals surface area contributed by atoms with E-state index in [1.54, 1.807) is 12.1 Å². The van der Waals surface area contributed by atoms with Gasteiger partial charge in [-0.05, 0) is 40.6 Å². The van der Waals surface area contributed by atoms with Gasteiger partial charge in [-0.25, -0.2) is 5.43 Å². The Kier molecular flexibility index (Phi) is 5.71. The molecule has 148 valence electrons. The first-order chi connectivity index (χ1) is 14.7. The first kappa shape index (κ1) is 19.2. The van der Waals surface area contributed by atoms with E-state index in [2.05, 4.69) is 10.5 Å². The molecule has 4 aromatic carbocycles. The molecule has 4 aromatic rings. The summed E-state index contributed by atoms with van der Waals surface area (Å²) in [5, 5.41) is 15.9. The molecule has 0 radical (unpaired) electrons. The van der Waals surface area contributed by atoms with Crippen molar-refractivity contribution >= 4 is 22.9 Å². The summed E-state index contributed by atoms with van der Waals surface area (Å²) in [7, 11) is 0. The zero-order valence-electron chi connectivity index (χ0n) is 16.2. The molecule has 0 bridgehead atoms. The maximum atomic E-state index is 12.5. The van der Waals surface area contributed by atoms with Crippen LogP contribution in [-0.2, 0) is 6.61 Å². The molecule has 4 rings (SSSR count). The van der Waals surface area contributed by atoms with Crippen molar-refractivity contribution in [2.45, 2.75) is 6.61 Å². The Morgan fingerprint density at radius 3 is 2.37 bits per heavy atom. The summed E-state index contributed by atoms with van der Waals surface area (Å²) < 4.78 is 5.89. The van der Waals surface area contributed by atoms with E-state index in [1.165, 1.54) is 6.21 Å². The van der Waals surface area contributed by atoms with Crippen molar-refractivity contribution in [2.75, 3.05) is 0 Å². The second kappa shape index (κ2) is 8.92. The van der Waals surface area contributed by atoms with E-state index >= 15 is 0 Å². The summed E-state index contributed by atoms with van der Waals surface area (Å²) in [4.78, 5) is 12.5. The molecule has 0 fully saturated rings. The number of benzene rings is 4. The van der Waals surface area contributed by atoms with E-state index in [4.69, 9.17) is 4.74 Å². The van der Waals surface area contributed by atoms with Gasteiger partial charge < -0.3 is 9.84 Å². The number of amides is 1. The van der Waals surface area contributed by atoms with Gasteiger partial charge in [0.25, 0.3) is 5.91 Å². The Morgan fingerprint density at radius 1 is 0.900 bits per heavy atom. The molecule has 0 spiro atoms. The summed E-state index contributed by atoms with van der Waals surface area (Å²) in [6.45, 7) is 0.434. The van der Waals surface area contributed by atoms with Crippen LogP contribution in [0.25, 0.3) is 10.8 Å². The summed E-state index contributed by atoms with van der Waals surface area (Å²) in [5.41, 5.74) is 4.43. The lowest BCUT2D eigenvalue weighted by molar-refractivity contribution is 0.0952. The number of nitrogens with one attached hydrogen (secondary N) is 1. The largest absolute Gasteiger partial charge is 0.507 e. The minimum Gasteiger partial charge on any atom is -0.507 e. The Hall–Kier alpha value is -4.12. The van der Waals surface area contributed by atoms with Gasteiger partial charge in [0, 0.05) is 5.56 Å². The number of ether oxygens (including phenoxy) is 1. The van der Waals surface area contributed by atoms with Crippen molar-refractivity contribution in [3.8, 4) is 11.5 Å². The van der Waals surface area contributed by atoms with Crippen molar-refractivity contribution in [1.29, 1.82) is 0 Å². The van der Waals surface area contributed by atoms with Gasteiger partial charge in [0.05, 0.1) is 11.8 Å². The number of carbonyl (C=O) groups excluding carboxylic acids is 1. The minimum atomic E-state index is -0.489. The number of phenolic OH excluding ortho intramolecular Hbond substituents is 1. The predicted octanol–water partition coefficient (Wildman–Crippen LogP) is 4.89. The lowest BCUT2D eigenvalue weighted by Crippen LogP contribution is -2.17. The zero-order chi connectivity index (χ0) is 20.8. The molecule has 0 heterocycles. The second-order valence-corrected chi connectivity index (χ2v) is 6.73. The number of para-hydroxylation sites is 1. The lowest BCUT2D eigenvalue weighted by Gasteiger charge is -2.09. The number of aromatic hydroxyl groups is 1. The first-order valence-corrected chi connectivity index (χ1v) is 9.51. The minimum absolute atomic E-state index is 0.0898. The van der Waals surface area contributed by atoms with Crippen LogP contribution in [0.4, 0.5) is 0 Å². The van der Waals surface area contributed by atoms with Crippen LogP contribution in [0, 0.1) is 0 Å². The van der Waals surface area contributed by atoms with Gasteiger partial charge in [-0.1, -0.05) is 66.7 Å². The highest BCUT2D eigenvalue weighted by molar-refractivity contribution is 6.01. The number of fused-ring (bicyclic) bond motifs is 1. The predicted molar refractivity (Wildman–Crippen MR) is 118 cm³/mol. The number of hydrogen-bond donors (Lipinski definition) is 2. The monoisotopic (exact) mass is 396 g/mol. The molecule has 30 heavy (non-hydrogen) atoms. The molecule has 0 saturated carbocycles. The van der Waals surface area contributed by atoms with Gasteiger partial charge >= 0.3 is 0 Å². The van der Waals surface area contributed by atoms with Crippen LogP contribution in [0.5, 0.6) is 11.5 Å². The van der Waals surface area contributed by atoms with E-state index in [0.717, 1.165) is 21.9 Å². The zero-order valence-corrected chi connectivity index (χ0v) is 16.2. The van der Waals surface area contributed by atoms with Crippen molar-refractivity contribution in [3.63, 3.8) is 0 Å². The van der Waals surface area contributed by atoms with Gasteiger partial charge in [0.15, 0.2) is 0 Å². The van der Waals surface area contributed by atoms with E-state index in [1.807, 2.05) is 78.9 Å². The summed E-state index contributed by atoms with van der Waals surface area (Å²) in [6.07, 6.45) is 1.52. The average molecular weight is 396 g/mol. The molecule has 0 atom stereocenters. The van der Waals surface area contributed by atoms with Crippen LogP contribution >= 0.6 is 0 Å². The summed E-state index contributed by atoms with van der Waals surface area (Å²) >= 11 is 0. The number of carbonyl (C=O) groups is 1. The van der Waals surface area contributed by atoms with Crippen molar-refractivity contribution < 1.29 is 14.6 Å². The Balaban J connectivity index is 1.46. The molecule has 0 aliphatic rings. The molecule has 1 amide bonds. The smallest absolute Gasteiger partial charge is 0.275 e. The van der Waals surface area contributed by atoms with E-state index < -0.39 is 5.91 Å². The molecule has 0 aliphatic carbocycles. The molecule has 0 saturated heterocycles. The fourth-order valence-corrected chi connectivity index (χ4v) is 3.08. The van der Waals surface area contributed by atoms with Gasteiger partial charge in [0.1, 0.15) is 18.1 Å². The molecular formula is C25H20N2O3. The maximum Gasteiger partial charge on any atom is 0.275 e. The second-order valence-electron chi connectivity index (χ2n) is 6.73. The average Bonchev–Trinajstić information content (AvgIpc) is 2.78. The van der Waals surface area contributed by atoms with Gasteiger partial charge in [-0.2, -0.15) is 5.10 Å². The van der Waals surface area contributed by atoms with E-state index in [-0.39, 0.29) is 11.3 Å². The summed E-state index contributed by atoms with van der Waals surface area (Å²) in [5.74, 6) is 0.0816. The highest BCUT2D eigenvalue weighted by atomic mass is 16.5. The Bertz CT molecular complexity index is 1200. The number of nitrogens with zero attached hydrogens (tertiary/aromatic N) is 1. The third-order valence-electron chi connectivity index (χ3n) is 4.63. The van der Waals surface area contributed by atoms with Gasteiger partial charge in [-0.3, -0.25) is 4.79 Å². The quantitative estimate of drug-likeness (QED) is 0.360.